The minimum absolute atomic E-state index is 0.0764. The lowest BCUT2D eigenvalue weighted by Gasteiger charge is -2.12. The molecule has 0 aliphatic rings. The maximum atomic E-state index is 10.6. The number of carbonyl (C=O) groups is 1. The molecule has 0 aromatic carbocycles. The Hall–Kier alpha value is -0.570. The summed E-state index contributed by atoms with van der Waals surface area (Å²) in [5.41, 5.74) is 5.59. The molecule has 0 aromatic heterocycles. The molecule has 0 aliphatic carbocycles. The average molecular weight is 145 g/mol. The van der Waals surface area contributed by atoms with E-state index in [1.54, 1.807) is 0 Å². The standard InChI is InChI=1S/C7H15NO2/c1-5(2)6(8)4-7(9)10-3/h5-6H,4,8H2,1-3H3/t6-/m0/s1. The van der Waals surface area contributed by atoms with E-state index in [1.807, 2.05) is 13.8 Å². The molecule has 0 saturated heterocycles. The van der Waals surface area contributed by atoms with Crippen molar-refractivity contribution in [2.45, 2.75) is 26.3 Å². The number of carbonyl (C=O) groups excluding carboxylic acids is 1. The van der Waals surface area contributed by atoms with Crippen LogP contribution >= 0.6 is 0 Å². The molecule has 0 saturated carbocycles. The molecule has 0 spiro atoms. The number of hydrogen-bond donors (Lipinski definition) is 1. The second kappa shape index (κ2) is 4.28. The topological polar surface area (TPSA) is 52.3 Å². The number of nitrogens with two attached hydrogens (primary N) is 1. The van der Waals surface area contributed by atoms with Gasteiger partial charge in [0.1, 0.15) is 0 Å². The summed E-state index contributed by atoms with van der Waals surface area (Å²) in [6.45, 7) is 3.96. The molecule has 0 radical (unpaired) electrons. The summed E-state index contributed by atoms with van der Waals surface area (Å²) in [5.74, 6) is 0.0975. The molecule has 10 heavy (non-hydrogen) atoms. The summed E-state index contributed by atoms with van der Waals surface area (Å²) < 4.78 is 4.45. The highest BCUT2D eigenvalue weighted by Crippen LogP contribution is 2.02. The normalized spacial score (nSPS) is 13.3. The third-order valence-electron chi connectivity index (χ3n) is 1.49. The van der Waals surface area contributed by atoms with Gasteiger partial charge in [0.15, 0.2) is 0 Å². The summed E-state index contributed by atoms with van der Waals surface area (Å²) in [6, 6.07) is -0.0764. The van der Waals surface area contributed by atoms with Crippen molar-refractivity contribution in [2.75, 3.05) is 7.11 Å². The highest BCUT2D eigenvalue weighted by molar-refractivity contribution is 5.69. The first kappa shape index (κ1) is 9.43. The van der Waals surface area contributed by atoms with Crippen LogP contribution < -0.4 is 5.73 Å². The Morgan fingerprint density at radius 2 is 2.10 bits per heavy atom. The van der Waals surface area contributed by atoms with Crippen LogP contribution in [0.15, 0.2) is 0 Å². The zero-order chi connectivity index (χ0) is 8.15. The molecular weight excluding hydrogens is 130 g/mol. The van der Waals surface area contributed by atoms with Crippen LogP contribution in [-0.2, 0) is 9.53 Å². The smallest absolute Gasteiger partial charge is 0.307 e. The fraction of sp³-hybridized carbons (Fsp3) is 0.857. The first-order valence-corrected chi connectivity index (χ1v) is 3.40. The maximum absolute atomic E-state index is 10.6. The summed E-state index contributed by atoms with van der Waals surface area (Å²) in [6.07, 6.45) is 0.314. The summed E-state index contributed by atoms with van der Waals surface area (Å²) in [4.78, 5) is 10.6. The molecule has 2 N–H and O–H groups in total. The molecule has 0 unspecified atom stereocenters. The van der Waals surface area contributed by atoms with E-state index in [-0.39, 0.29) is 12.0 Å². The van der Waals surface area contributed by atoms with Gasteiger partial charge in [-0.25, -0.2) is 0 Å². The number of methoxy groups -OCH3 is 1. The van der Waals surface area contributed by atoms with E-state index in [1.165, 1.54) is 7.11 Å². The SMILES string of the molecule is COC(=O)C[C@H](N)C(C)C. The lowest BCUT2D eigenvalue weighted by molar-refractivity contribution is -0.141. The van der Waals surface area contributed by atoms with Gasteiger partial charge in [-0.1, -0.05) is 13.8 Å². The second-order valence-corrected chi connectivity index (χ2v) is 2.69. The summed E-state index contributed by atoms with van der Waals surface area (Å²) >= 11 is 0. The van der Waals surface area contributed by atoms with Crippen molar-refractivity contribution >= 4 is 5.97 Å². The molecule has 0 amide bonds. The third-order valence-corrected chi connectivity index (χ3v) is 1.49. The summed E-state index contributed by atoms with van der Waals surface area (Å²) in [7, 11) is 1.37. The molecule has 0 rings (SSSR count). The molecular formula is C7H15NO2. The minimum atomic E-state index is -0.235. The average Bonchev–Trinajstić information content (AvgIpc) is 1.87. The van der Waals surface area contributed by atoms with Crippen LogP contribution in [0.3, 0.4) is 0 Å². The van der Waals surface area contributed by atoms with Crippen LogP contribution in [0.2, 0.25) is 0 Å². The molecule has 0 heterocycles. The van der Waals surface area contributed by atoms with Crippen molar-refractivity contribution in [2.24, 2.45) is 11.7 Å². The Balaban J connectivity index is 3.57. The second-order valence-electron chi connectivity index (χ2n) is 2.69. The minimum Gasteiger partial charge on any atom is -0.469 e. The number of esters is 1. The van der Waals surface area contributed by atoms with Gasteiger partial charge >= 0.3 is 5.97 Å². The molecule has 60 valence electrons. The zero-order valence-electron chi connectivity index (χ0n) is 6.76. The van der Waals surface area contributed by atoms with Crippen LogP contribution in [0.25, 0.3) is 0 Å². The Kier molecular flexibility index (Phi) is 4.03. The first-order valence-electron chi connectivity index (χ1n) is 3.40. The molecule has 3 heteroatoms. The van der Waals surface area contributed by atoms with Gasteiger partial charge in [0.05, 0.1) is 13.5 Å². The molecule has 1 atom stereocenters. The van der Waals surface area contributed by atoms with Gasteiger partial charge in [-0.2, -0.15) is 0 Å². The van der Waals surface area contributed by atoms with Crippen molar-refractivity contribution < 1.29 is 9.53 Å². The summed E-state index contributed by atoms with van der Waals surface area (Å²) in [5, 5.41) is 0. The van der Waals surface area contributed by atoms with Crippen molar-refractivity contribution in [3.05, 3.63) is 0 Å². The number of hydrogen-bond acceptors (Lipinski definition) is 3. The predicted octanol–water partition coefficient (Wildman–Crippen LogP) is 0.533. The fourth-order valence-electron chi connectivity index (χ4n) is 0.511. The van der Waals surface area contributed by atoms with Crippen molar-refractivity contribution in [1.82, 2.24) is 0 Å². The van der Waals surface area contributed by atoms with Crippen molar-refractivity contribution in [3.8, 4) is 0 Å². The van der Waals surface area contributed by atoms with Gasteiger partial charge < -0.3 is 10.5 Å². The van der Waals surface area contributed by atoms with Crippen LogP contribution in [0.4, 0.5) is 0 Å². The lowest BCUT2D eigenvalue weighted by Crippen LogP contribution is -2.29. The van der Waals surface area contributed by atoms with Gasteiger partial charge in [0.25, 0.3) is 0 Å². The van der Waals surface area contributed by atoms with E-state index >= 15 is 0 Å². The van der Waals surface area contributed by atoms with Gasteiger partial charge in [-0.3, -0.25) is 4.79 Å². The monoisotopic (exact) mass is 145 g/mol. The predicted molar refractivity (Wildman–Crippen MR) is 39.4 cm³/mol. The van der Waals surface area contributed by atoms with Gasteiger partial charge in [0, 0.05) is 6.04 Å². The van der Waals surface area contributed by atoms with E-state index in [0.29, 0.717) is 12.3 Å². The van der Waals surface area contributed by atoms with Gasteiger partial charge in [0.2, 0.25) is 0 Å². The van der Waals surface area contributed by atoms with Crippen LogP contribution in [0, 0.1) is 5.92 Å². The molecule has 3 nitrogen and oxygen atoms in total. The largest absolute Gasteiger partial charge is 0.469 e. The van der Waals surface area contributed by atoms with E-state index in [2.05, 4.69) is 4.74 Å². The van der Waals surface area contributed by atoms with Gasteiger partial charge in [-0.15, -0.1) is 0 Å². The van der Waals surface area contributed by atoms with Crippen LogP contribution in [0.5, 0.6) is 0 Å². The Morgan fingerprint density at radius 3 is 2.40 bits per heavy atom. The fourth-order valence-corrected chi connectivity index (χ4v) is 0.511. The first-order chi connectivity index (χ1) is 4.57. The Labute approximate surface area is 61.5 Å². The van der Waals surface area contributed by atoms with Crippen LogP contribution in [0.1, 0.15) is 20.3 Å². The van der Waals surface area contributed by atoms with E-state index in [4.69, 9.17) is 5.73 Å². The van der Waals surface area contributed by atoms with E-state index in [9.17, 15) is 4.79 Å². The van der Waals surface area contributed by atoms with E-state index < -0.39 is 0 Å². The van der Waals surface area contributed by atoms with Crippen molar-refractivity contribution in [3.63, 3.8) is 0 Å². The quantitative estimate of drug-likeness (QED) is 0.589. The van der Waals surface area contributed by atoms with E-state index in [0.717, 1.165) is 0 Å². The lowest BCUT2D eigenvalue weighted by atomic mass is 10.0. The van der Waals surface area contributed by atoms with Gasteiger partial charge in [-0.05, 0) is 5.92 Å². The Bertz CT molecular complexity index is 112. The van der Waals surface area contributed by atoms with Crippen molar-refractivity contribution in [1.29, 1.82) is 0 Å². The molecule has 0 bridgehead atoms. The number of rotatable bonds is 3. The highest BCUT2D eigenvalue weighted by Gasteiger charge is 2.12. The molecule has 0 aromatic rings. The zero-order valence-corrected chi connectivity index (χ0v) is 6.76. The Morgan fingerprint density at radius 1 is 1.60 bits per heavy atom. The van der Waals surface area contributed by atoms with Crippen LogP contribution in [-0.4, -0.2) is 19.1 Å². The molecule has 0 aliphatic heterocycles. The highest BCUT2D eigenvalue weighted by atomic mass is 16.5. The maximum Gasteiger partial charge on any atom is 0.307 e. The molecule has 0 fully saturated rings. The number of ether oxygens (including phenoxy) is 1. The third kappa shape index (κ3) is 3.45.